The molecule has 0 aliphatic heterocycles. The van der Waals surface area contributed by atoms with Crippen LogP contribution >= 0.6 is 0 Å². The van der Waals surface area contributed by atoms with Gasteiger partial charge in [-0.25, -0.2) is 4.79 Å². The lowest BCUT2D eigenvalue weighted by Crippen LogP contribution is -2.45. The van der Waals surface area contributed by atoms with E-state index in [1.54, 1.807) is 24.3 Å². The van der Waals surface area contributed by atoms with Crippen LogP contribution in [0.4, 0.5) is 0 Å². The predicted molar refractivity (Wildman–Crippen MR) is 61.2 cm³/mol. The lowest BCUT2D eigenvalue weighted by atomic mass is 10.1. The van der Waals surface area contributed by atoms with Crippen LogP contribution in [0.5, 0.6) is 0 Å². The molecule has 5 nitrogen and oxygen atoms in total. The molecule has 0 spiro atoms. The van der Waals surface area contributed by atoms with Crippen molar-refractivity contribution >= 4 is 11.9 Å². The quantitative estimate of drug-likeness (QED) is 0.730. The first kappa shape index (κ1) is 13.2. The maximum Gasteiger partial charge on any atom is 0.326 e. The number of aliphatic hydroxyl groups excluding tert-OH is 1. The fourth-order valence-electron chi connectivity index (χ4n) is 1.59. The van der Waals surface area contributed by atoms with Crippen LogP contribution in [0, 0.1) is 0 Å². The fraction of sp³-hybridized carbons (Fsp3) is 0.333. The summed E-state index contributed by atoms with van der Waals surface area (Å²) in [5, 5.41) is 18.1. The summed E-state index contributed by atoms with van der Waals surface area (Å²) >= 11 is 0. The van der Waals surface area contributed by atoms with E-state index in [1.807, 2.05) is 6.07 Å². The zero-order valence-electron chi connectivity index (χ0n) is 9.54. The van der Waals surface area contributed by atoms with Gasteiger partial charge in [0.1, 0.15) is 12.8 Å². The van der Waals surface area contributed by atoms with Crippen LogP contribution in [-0.2, 0) is 16.0 Å². The van der Waals surface area contributed by atoms with Crippen molar-refractivity contribution in [2.45, 2.75) is 19.4 Å². The average Bonchev–Trinajstić information content (AvgIpc) is 2.29. The Kier molecular flexibility index (Phi) is 4.66. The van der Waals surface area contributed by atoms with Crippen LogP contribution < -0.4 is 0 Å². The number of carbonyl (C=O) groups is 2. The van der Waals surface area contributed by atoms with Crippen molar-refractivity contribution in [3.8, 4) is 0 Å². The molecule has 1 atom stereocenters. The summed E-state index contributed by atoms with van der Waals surface area (Å²) < 4.78 is 0. The van der Waals surface area contributed by atoms with Crippen molar-refractivity contribution in [1.82, 2.24) is 4.90 Å². The number of amides is 1. The van der Waals surface area contributed by atoms with Crippen molar-refractivity contribution in [1.29, 1.82) is 0 Å². The van der Waals surface area contributed by atoms with Crippen LogP contribution in [0.3, 0.4) is 0 Å². The molecule has 0 aliphatic rings. The third-order valence-corrected chi connectivity index (χ3v) is 2.49. The van der Waals surface area contributed by atoms with Gasteiger partial charge in [-0.05, 0) is 5.56 Å². The van der Waals surface area contributed by atoms with Crippen LogP contribution in [0.15, 0.2) is 30.3 Å². The molecule has 0 aliphatic carbocycles. The molecule has 92 valence electrons. The molecule has 0 fully saturated rings. The number of nitrogens with zero attached hydrogens (tertiary/aromatic N) is 1. The molecule has 1 unspecified atom stereocenters. The van der Waals surface area contributed by atoms with Gasteiger partial charge in [0, 0.05) is 13.3 Å². The summed E-state index contributed by atoms with van der Waals surface area (Å²) in [7, 11) is 0. The highest BCUT2D eigenvalue weighted by atomic mass is 16.4. The van der Waals surface area contributed by atoms with Crippen molar-refractivity contribution in [3.63, 3.8) is 0 Å². The average molecular weight is 237 g/mol. The summed E-state index contributed by atoms with van der Waals surface area (Å²) in [4.78, 5) is 23.2. The van der Waals surface area contributed by atoms with E-state index in [0.29, 0.717) is 0 Å². The van der Waals surface area contributed by atoms with Gasteiger partial charge in [0.05, 0.1) is 0 Å². The molecule has 0 aromatic heterocycles. The molecular formula is C12H15NO4. The molecular weight excluding hydrogens is 222 g/mol. The topological polar surface area (TPSA) is 77.8 Å². The summed E-state index contributed by atoms with van der Waals surface area (Å²) in [6.07, 6.45) is 0.177. The highest BCUT2D eigenvalue weighted by Crippen LogP contribution is 2.09. The number of carbonyl (C=O) groups excluding carboxylic acids is 1. The zero-order valence-corrected chi connectivity index (χ0v) is 9.54. The Balaban J connectivity index is 2.87. The van der Waals surface area contributed by atoms with E-state index in [9.17, 15) is 9.59 Å². The van der Waals surface area contributed by atoms with E-state index >= 15 is 0 Å². The lowest BCUT2D eigenvalue weighted by molar-refractivity contribution is -0.152. The second-order valence-electron chi connectivity index (χ2n) is 3.67. The molecule has 0 saturated carbocycles. The van der Waals surface area contributed by atoms with Crippen LogP contribution in [0.25, 0.3) is 0 Å². The van der Waals surface area contributed by atoms with E-state index in [1.165, 1.54) is 6.92 Å². The van der Waals surface area contributed by atoms with E-state index in [0.717, 1.165) is 10.5 Å². The molecule has 0 saturated heterocycles. The predicted octanol–water partition coefficient (Wildman–Crippen LogP) is 0.481. The van der Waals surface area contributed by atoms with Crippen LogP contribution in [0.2, 0.25) is 0 Å². The Morgan fingerprint density at radius 2 is 1.88 bits per heavy atom. The number of hydrogen-bond donors (Lipinski definition) is 2. The number of hydrogen-bond acceptors (Lipinski definition) is 3. The van der Waals surface area contributed by atoms with E-state index in [4.69, 9.17) is 10.2 Å². The van der Waals surface area contributed by atoms with E-state index in [-0.39, 0.29) is 6.42 Å². The largest absolute Gasteiger partial charge is 0.480 e. The molecule has 1 aromatic rings. The monoisotopic (exact) mass is 237 g/mol. The summed E-state index contributed by atoms with van der Waals surface area (Å²) in [6, 6.07) is 7.95. The summed E-state index contributed by atoms with van der Waals surface area (Å²) in [5.41, 5.74) is 0.805. The summed E-state index contributed by atoms with van der Waals surface area (Å²) in [6.45, 7) is 0.635. The Labute approximate surface area is 99.3 Å². The first-order valence-corrected chi connectivity index (χ1v) is 5.21. The SMILES string of the molecule is CC(=O)N(CO)C(Cc1ccccc1)C(=O)O. The fourth-order valence-corrected chi connectivity index (χ4v) is 1.59. The third kappa shape index (κ3) is 3.57. The second kappa shape index (κ2) is 6.00. The van der Waals surface area contributed by atoms with Crippen molar-refractivity contribution in [2.75, 3.05) is 6.73 Å². The highest BCUT2D eigenvalue weighted by molar-refractivity contribution is 5.82. The standard InChI is InChI=1S/C12H15NO4/c1-9(15)13(8-14)11(12(16)17)7-10-5-3-2-4-6-10/h2-6,11,14H,7-8H2,1H3,(H,16,17). The molecule has 5 heteroatoms. The second-order valence-corrected chi connectivity index (χ2v) is 3.67. The number of aliphatic hydroxyl groups is 1. The van der Waals surface area contributed by atoms with Gasteiger partial charge >= 0.3 is 5.97 Å². The number of rotatable bonds is 5. The molecule has 1 aromatic carbocycles. The first-order valence-electron chi connectivity index (χ1n) is 5.21. The van der Waals surface area contributed by atoms with Gasteiger partial charge < -0.3 is 15.1 Å². The van der Waals surface area contributed by atoms with Gasteiger partial charge in [-0.15, -0.1) is 0 Å². The van der Waals surface area contributed by atoms with Gasteiger partial charge in [0.25, 0.3) is 0 Å². The van der Waals surface area contributed by atoms with Crippen LogP contribution in [0.1, 0.15) is 12.5 Å². The number of benzene rings is 1. The summed E-state index contributed by atoms with van der Waals surface area (Å²) in [5.74, 6) is -1.59. The maximum absolute atomic E-state index is 11.2. The van der Waals surface area contributed by atoms with Gasteiger partial charge in [-0.2, -0.15) is 0 Å². The third-order valence-electron chi connectivity index (χ3n) is 2.49. The van der Waals surface area contributed by atoms with Crippen LogP contribution in [-0.4, -0.2) is 39.8 Å². The van der Waals surface area contributed by atoms with Gasteiger partial charge in [0.15, 0.2) is 0 Å². The molecule has 2 N–H and O–H groups in total. The lowest BCUT2D eigenvalue weighted by Gasteiger charge is -2.25. The molecule has 0 heterocycles. The van der Waals surface area contributed by atoms with E-state index < -0.39 is 24.6 Å². The van der Waals surface area contributed by atoms with Crippen molar-refractivity contribution < 1.29 is 19.8 Å². The maximum atomic E-state index is 11.2. The highest BCUT2D eigenvalue weighted by Gasteiger charge is 2.27. The smallest absolute Gasteiger partial charge is 0.326 e. The molecule has 1 amide bonds. The Morgan fingerprint density at radius 1 is 1.29 bits per heavy atom. The van der Waals surface area contributed by atoms with Crippen molar-refractivity contribution in [2.24, 2.45) is 0 Å². The molecule has 17 heavy (non-hydrogen) atoms. The minimum absolute atomic E-state index is 0.177. The van der Waals surface area contributed by atoms with E-state index in [2.05, 4.69) is 0 Å². The number of carboxylic acids is 1. The normalized spacial score (nSPS) is 11.9. The molecule has 0 radical (unpaired) electrons. The number of aliphatic carboxylic acids is 1. The molecule has 0 bridgehead atoms. The minimum atomic E-state index is -1.13. The Hall–Kier alpha value is -1.88. The van der Waals surface area contributed by atoms with Gasteiger partial charge in [-0.3, -0.25) is 4.79 Å². The number of carboxylic acid groups (broad SMARTS) is 1. The van der Waals surface area contributed by atoms with Crippen molar-refractivity contribution in [3.05, 3.63) is 35.9 Å². The molecule has 1 rings (SSSR count). The zero-order chi connectivity index (χ0) is 12.8. The van der Waals surface area contributed by atoms with Gasteiger partial charge in [-0.1, -0.05) is 30.3 Å². The Morgan fingerprint density at radius 3 is 2.29 bits per heavy atom. The van der Waals surface area contributed by atoms with Gasteiger partial charge in [0.2, 0.25) is 5.91 Å². The Bertz CT molecular complexity index is 391. The first-order chi connectivity index (χ1) is 8.06. The minimum Gasteiger partial charge on any atom is -0.480 e.